The van der Waals surface area contributed by atoms with Crippen LogP contribution in [0.1, 0.15) is 52.4 Å². The molecule has 0 heterocycles. The van der Waals surface area contributed by atoms with E-state index in [0.29, 0.717) is 0 Å². The van der Waals surface area contributed by atoms with E-state index in [0.717, 1.165) is 18.5 Å². The van der Waals surface area contributed by atoms with Crippen LogP contribution in [0.2, 0.25) is 0 Å². The minimum atomic E-state index is 0.718. The molecule has 0 amide bonds. The number of hydrogen-bond acceptors (Lipinski definition) is 2. The van der Waals surface area contributed by atoms with E-state index in [4.69, 9.17) is 5.73 Å². The first kappa shape index (κ1) is 13.0. The predicted molar refractivity (Wildman–Crippen MR) is 67.0 cm³/mol. The molecule has 2 heteroatoms. The van der Waals surface area contributed by atoms with Gasteiger partial charge >= 0.3 is 0 Å². The van der Waals surface area contributed by atoms with E-state index >= 15 is 0 Å². The second kappa shape index (κ2) is 7.24. The molecule has 0 aromatic carbocycles. The molecule has 2 N–H and O–H groups in total. The van der Waals surface area contributed by atoms with Crippen LogP contribution < -0.4 is 5.73 Å². The lowest BCUT2D eigenvalue weighted by Gasteiger charge is -2.31. The molecule has 1 aliphatic carbocycles. The average molecular weight is 212 g/mol. The Kier molecular flexibility index (Phi) is 6.26. The summed E-state index contributed by atoms with van der Waals surface area (Å²) in [6.07, 6.45) is 8.25. The molecule has 2 nitrogen and oxygen atoms in total. The van der Waals surface area contributed by atoms with Gasteiger partial charge in [-0.2, -0.15) is 0 Å². The van der Waals surface area contributed by atoms with Gasteiger partial charge in [-0.1, -0.05) is 33.1 Å². The molecule has 1 aliphatic rings. The van der Waals surface area contributed by atoms with Crippen molar-refractivity contribution in [2.45, 2.75) is 58.4 Å². The van der Waals surface area contributed by atoms with Crippen LogP contribution in [0.15, 0.2) is 0 Å². The predicted octanol–water partition coefficient (Wildman–Crippen LogP) is 2.63. The standard InChI is InChI=1S/C13H28N2/c1-3-7-12(10-14)11-15(4-2)13-8-5-6-9-13/h12-13H,3-11,14H2,1-2H3. The largest absolute Gasteiger partial charge is 0.330 e. The monoisotopic (exact) mass is 212 g/mol. The lowest BCUT2D eigenvalue weighted by molar-refractivity contribution is 0.174. The maximum absolute atomic E-state index is 5.83. The van der Waals surface area contributed by atoms with Crippen LogP contribution in [-0.2, 0) is 0 Å². The molecule has 1 rings (SSSR count). The lowest BCUT2D eigenvalue weighted by atomic mass is 10.0. The SMILES string of the molecule is CCCC(CN)CN(CC)C1CCCC1. The van der Waals surface area contributed by atoms with Gasteiger partial charge in [0, 0.05) is 12.6 Å². The third-order valence-corrected chi connectivity index (χ3v) is 3.77. The number of nitrogens with zero attached hydrogens (tertiary/aromatic N) is 1. The Morgan fingerprint density at radius 1 is 1.27 bits per heavy atom. The first-order chi connectivity index (χ1) is 7.31. The maximum atomic E-state index is 5.83. The molecule has 0 spiro atoms. The summed E-state index contributed by atoms with van der Waals surface area (Å²) < 4.78 is 0. The molecule has 0 saturated heterocycles. The Morgan fingerprint density at radius 3 is 2.40 bits per heavy atom. The van der Waals surface area contributed by atoms with E-state index in [1.165, 1.54) is 51.6 Å². The van der Waals surface area contributed by atoms with Crippen LogP contribution in [0.5, 0.6) is 0 Å². The van der Waals surface area contributed by atoms with Crippen molar-refractivity contribution in [2.75, 3.05) is 19.6 Å². The molecule has 1 saturated carbocycles. The maximum Gasteiger partial charge on any atom is 0.00952 e. The lowest BCUT2D eigenvalue weighted by Crippen LogP contribution is -2.39. The summed E-state index contributed by atoms with van der Waals surface area (Å²) in [6.45, 7) is 7.83. The fraction of sp³-hybridized carbons (Fsp3) is 1.00. The summed E-state index contributed by atoms with van der Waals surface area (Å²) >= 11 is 0. The number of rotatable bonds is 7. The van der Waals surface area contributed by atoms with E-state index in [-0.39, 0.29) is 0 Å². The van der Waals surface area contributed by atoms with Gasteiger partial charge in [-0.3, -0.25) is 0 Å². The van der Waals surface area contributed by atoms with Crippen molar-refractivity contribution in [3.8, 4) is 0 Å². The summed E-state index contributed by atoms with van der Waals surface area (Å²) in [5.74, 6) is 0.718. The molecule has 0 aromatic rings. The molecule has 0 bridgehead atoms. The van der Waals surface area contributed by atoms with Crippen LogP contribution in [0, 0.1) is 5.92 Å². The zero-order valence-electron chi connectivity index (χ0n) is 10.5. The van der Waals surface area contributed by atoms with E-state index in [1.54, 1.807) is 0 Å². The molecule has 0 radical (unpaired) electrons. The number of hydrogen-bond donors (Lipinski definition) is 1. The van der Waals surface area contributed by atoms with Crippen LogP contribution in [0.3, 0.4) is 0 Å². The van der Waals surface area contributed by atoms with E-state index in [2.05, 4.69) is 18.7 Å². The summed E-state index contributed by atoms with van der Waals surface area (Å²) in [4.78, 5) is 2.67. The van der Waals surface area contributed by atoms with Crippen LogP contribution in [-0.4, -0.2) is 30.6 Å². The molecule has 0 aliphatic heterocycles. The van der Waals surface area contributed by atoms with E-state index in [9.17, 15) is 0 Å². The first-order valence-corrected chi connectivity index (χ1v) is 6.75. The van der Waals surface area contributed by atoms with Gasteiger partial charge in [-0.05, 0) is 38.3 Å². The molecule has 15 heavy (non-hydrogen) atoms. The van der Waals surface area contributed by atoms with Crippen molar-refractivity contribution in [3.05, 3.63) is 0 Å². The fourth-order valence-corrected chi connectivity index (χ4v) is 2.83. The molecule has 1 fully saturated rings. The third-order valence-electron chi connectivity index (χ3n) is 3.77. The highest BCUT2D eigenvalue weighted by Gasteiger charge is 2.22. The summed E-state index contributed by atoms with van der Waals surface area (Å²) in [6, 6.07) is 0.862. The molecule has 1 unspecified atom stereocenters. The summed E-state index contributed by atoms with van der Waals surface area (Å²) in [7, 11) is 0. The van der Waals surface area contributed by atoms with Gasteiger partial charge < -0.3 is 10.6 Å². The van der Waals surface area contributed by atoms with Gasteiger partial charge in [-0.15, -0.1) is 0 Å². The topological polar surface area (TPSA) is 29.3 Å². The molecular formula is C13H28N2. The Morgan fingerprint density at radius 2 is 1.93 bits per heavy atom. The second-order valence-corrected chi connectivity index (χ2v) is 4.92. The Balaban J connectivity index is 2.36. The van der Waals surface area contributed by atoms with Gasteiger partial charge in [-0.25, -0.2) is 0 Å². The molecular weight excluding hydrogens is 184 g/mol. The average Bonchev–Trinajstić information content (AvgIpc) is 2.77. The quantitative estimate of drug-likeness (QED) is 0.703. The first-order valence-electron chi connectivity index (χ1n) is 6.75. The van der Waals surface area contributed by atoms with E-state index < -0.39 is 0 Å². The summed E-state index contributed by atoms with van der Waals surface area (Å²) in [5.41, 5.74) is 5.83. The Labute approximate surface area is 95.2 Å². The van der Waals surface area contributed by atoms with Crippen molar-refractivity contribution in [1.82, 2.24) is 4.90 Å². The van der Waals surface area contributed by atoms with Crippen molar-refractivity contribution in [1.29, 1.82) is 0 Å². The fourth-order valence-electron chi connectivity index (χ4n) is 2.83. The zero-order chi connectivity index (χ0) is 11.1. The number of nitrogens with two attached hydrogens (primary N) is 1. The zero-order valence-corrected chi connectivity index (χ0v) is 10.5. The van der Waals surface area contributed by atoms with Crippen molar-refractivity contribution >= 4 is 0 Å². The second-order valence-electron chi connectivity index (χ2n) is 4.92. The van der Waals surface area contributed by atoms with Gasteiger partial charge in [0.15, 0.2) is 0 Å². The molecule has 1 atom stereocenters. The molecule has 0 aromatic heterocycles. The van der Waals surface area contributed by atoms with Crippen LogP contribution in [0.4, 0.5) is 0 Å². The van der Waals surface area contributed by atoms with Crippen molar-refractivity contribution in [2.24, 2.45) is 11.7 Å². The van der Waals surface area contributed by atoms with Crippen LogP contribution >= 0.6 is 0 Å². The highest BCUT2D eigenvalue weighted by atomic mass is 15.2. The van der Waals surface area contributed by atoms with Gasteiger partial charge in [0.1, 0.15) is 0 Å². The minimum absolute atomic E-state index is 0.718. The van der Waals surface area contributed by atoms with Crippen LogP contribution in [0.25, 0.3) is 0 Å². The smallest absolute Gasteiger partial charge is 0.00952 e. The highest BCUT2D eigenvalue weighted by Crippen LogP contribution is 2.24. The van der Waals surface area contributed by atoms with Crippen molar-refractivity contribution in [3.63, 3.8) is 0 Å². The van der Waals surface area contributed by atoms with Gasteiger partial charge in [0.2, 0.25) is 0 Å². The Bertz CT molecular complexity index is 153. The Hall–Kier alpha value is -0.0800. The minimum Gasteiger partial charge on any atom is -0.330 e. The summed E-state index contributed by atoms with van der Waals surface area (Å²) in [5, 5.41) is 0. The normalized spacial score (nSPS) is 20.0. The van der Waals surface area contributed by atoms with Crippen molar-refractivity contribution < 1.29 is 0 Å². The third kappa shape index (κ3) is 4.12. The highest BCUT2D eigenvalue weighted by molar-refractivity contribution is 4.78. The van der Waals surface area contributed by atoms with Gasteiger partial charge in [0.05, 0.1) is 0 Å². The molecule has 90 valence electrons. The van der Waals surface area contributed by atoms with Gasteiger partial charge in [0.25, 0.3) is 0 Å². The van der Waals surface area contributed by atoms with E-state index in [1.807, 2.05) is 0 Å².